The molecule has 1 saturated carbocycles. The van der Waals surface area contributed by atoms with Crippen LogP contribution >= 0.6 is 23.7 Å². The van der Waals surface area contributed by atoms with E-state index in [2.05, 4.69) is 22.8 Å². The second-order valence-corrected chi connectivity index (χ2v) is 7.23. The lowest BCUT2D eigenvalue weighted by Gasteiger charge is -2.24. The number of nitrogens with one attached hydrogen (secondary N) is 1. The van der Waals surface area contributed by atoms with Gasteiger partial charge in [-0.1, -0.05) is 18.9 Å². The number of rotatable bonds is 4. The van der Waals surface area contributed by atoms with Crippen LogP contribution in [0.3, 0.4) is 0 Å². The molecule has 0 bridgehead atoms. The number of carbonyl (C=O) groups excluding carboxylic acids is 1. The van der Waals surface area contributed by atoms with E-state index in [1.54, 1.807) is 11.3 Å². The quantitative estimate of drug-likeness (QED) is 0.921. The van der Waals surface area contributed by atoms with Crippen molar-refractivity contribution in [1.82, 2.24) is 10.2 Å². The van der Waals surface area contributed by atoms with Crippen LogP contribution in [-0.2, 0) is 11.2 Å². The third kappa shape index (κ3) is 3.99. The van der Waals surface area contributed by atoms with E-state index in [4.69, 9.17) is 0 Å². The summed E-state index contributed by atoms with van der Waals surface area (Å²) in [6.07, 6.45) is 7.25. The van der Waals surface area contributed by atoms with Crippen LogP contribution < -0.4 is 5.32 Å². The zero-order chi connectivity index (χ0) is 13.9. The summed E-state index contributed by atoms with van der Waals surface area (Å²) in [6.45, 7) is 0.826. The van der Waals surface area contributed by atoms with Crippen LogP contribution in [0.15, 0.2) is 17.5 Å². The molecule has 0 aromatic carbocycles. The molecule has 1 amide bonds. The summed E-state index contributed by atoms with van der Waals surface area (Å²) in [5.41, 5.74) is 0. The topological polar surface area (TPSA) is 32.3 Å². The number of likely N-dealkylation sites (N-methyl/N-ethyl adjacent to an activating group) is 1. The Morgan fingerprint density at radius 3 is 2.95 bits per heavy atom. The number of halogens is 1. The maximum atomic E-state index is 12.5. The van der Waals surface area contributed by atoms with E-state index in [1.165, 1.54) is 30.6 Å². The summed E-state index contributed by atoms with van der Waals surface area (Å²) in [5.74, 6) is 1.03. The molecular formula is C16H25ClN2OS. The second kappa shape index (κ2) is 7.61. The first-order chi connectivity index (χ1) is 9.74. The molecule has 3 rings (SSSR count). The molecule has 3 unspecified atom stereocenters. The van der Waals surface area contributed by atoms with E-state index in [1.807, 2.05) is 11.9 Å². The second-order valence-electron chi connectivity index (χ2n) is 6.20. The predicted molar refractivity (Wildman–Crippen MR) is 90.2 cm³/mol. The van der Waals surface area contributed by atoms with Crippen LogP contribution in [0, 0.1) is 5.92 Å². The Kier molecular flexibility index (Phi) is 6.08. The summed E-state index contributed by atoms with van der Waals surface area (Å²) >= 11 is 1.77. The molecule has 1 aliphatic heterocycles. The zero-order valence-electron chi connectivity index (χ0n) is 12.6. The van der Waals surface area contributed by atoms with Crippen LogP contribution in [0.25, 0.3) is 0 Å². The first-order valence-corrected chi connectivity index (χ1v) is 8.65. The Balaban J connectivity index is 0.00000161. The van der Waals surface area contributed by atoms with Crippen LogP contribution in [0.2, 0.25) is 0 Å². The molecular weight excluding hydrogens is 304 g/mol. The van der Waals surface area contributed by atoms with E-state index in [-0.39, 0.29) is 24.4 Å². The Morgan fingerprint density at radius 1 is 1.43 bits per heavy atom. The fraction of sp³-hybridized carbons (Fsp3) is 0.688. The molecule has 1 saturated heterocycles. The van der Waals surface area contributed by atoms with Gasteiger partial charge in [0.25, 0.3) is 0 Å². The lowest BCUT2D eigenvalue weighted by Crippen LogP contribution is -2.44. The average Bonchev–Trinajstić information content (AvgIpc) is 3.12. The maximum absolute atomic E-state index is 12.5. The van der Waals surface area contributed by atoms with Crippen molar-refractivity contribution in [1.29, 1.82) is 0 Å². The average molecular weight is 329 g/mol. The van der Waals surface area contributed by atoms with Gasteiger partial charge in [0.1, 0.15) is 0 Å². The highest BCUT2D eigenvalue weighted by molar-refractivity contribution is 7.09. The minimum atomic E-state index is 0. The van der Waals surface area contributed by atoms with Gasteiger partial charge in [-0.25, -0.2) is 0 Å². The van der Waals surface area contributed by atoms with Gasteiger partial charge in [-0.2, -0.15) is 0 Å². The number of carbonyl (C=O) groups is 1. The van der Waals surface area contributed by atoms with E-state index in [9.17, 15) is 4.79 Å². The van der Waals surface area contributed by atoms with Crippen molar-refractivity contribution in [2.75, 3.05) is 13.6 Å². The summed E-state index contributed by atoms with van der Waals surface area (Å²) in [6, 6.07) is 4.89. The Morgan fingerprint density at radius 2 is 2.24 bits per heavy atom. The van der Waals surface area contributed by atoms with E-state index < -0.39 is 0 Å². The van der Waals surface area contributed by atoms with Crippen LogP contribution in [0.4, 0.5) is 0 Å². The van der Waals surface area contributed by atoms with Crippen molar-refractivity contribution in [2.45, 2.75) is 50.6 Å². The molecule has 3 atom stereocenters. The van der Waals surface area contributed by atoms with Gasteiger partial charge >= 0.3 is 0 Å². The molecule has 1 N–H and O–H groups in total. The van der Waals surface area contributed by atoms with Crippen molar-refractivity contribution in [3.8, 4) is 0 Å². The summed E-state index contributed by atoms with van der Waals surface area (Å²) in [7, 11) is 1.94. The van der Waals surface area contributed by atoms with E-state index in [0.717, 1.165) is 25.3 Å². The van der Waals surface area contributed by atoms with Crippen molar-refractivity contribution in [2.24, 2.45) is 5.92 Å². The predicted octanol–water partition coefficient (Wildman–Crippen LogP) is 3.09. The molecule has 21 heavy (non-hydrogen) atoms. The Hall–Kier alpha value is -0.580. The minimum absolute atomic E-state index is 0. The Labute approximate surface area is 137 Å². The first-order valence-electron chi connectivity index (χ1n) is 7.77. The highest BCUT2D eigenvalue weighted by Gasteiger charge is 2.38. The summed E-state index contributed by atoms with van der Waals surface area (Å²) in [5, 5.41) is 5.68. The molecule has 118 valence electrons. The monoisotopic (exact) mass is 328 g/mol. The first kappa shape index (κ1) is 16.8. The van der Waals surface area contributed by atoms with Gasteiger partial charge in [-0.05, 0) is 43.0 Å². The smallest absolute Gasteiger partial charge is 0.239 e. The number of amides is 1. The van der Waals surface area contributed by atoms with Crippen molar-refractivity contribution in [3.05, 3.63) is 22.4 Å². The van der Waals surface area contributed by atoms with Gasteiger partial charge in [0.05, 0.1) is 6.04 Å². The normalized spacial score (nSPS) is 27.8. The lowest BCUT2D eigenvalue weighted by atomic mass is 9.85. The third-order valence-corrected chi connectivity index (χ3v) is 5.75. The fourth-order valence-corrected chi connectivity index (χ4v) is 4.32. The zero-order valence-corrected chi connectivity index (χ0v) is 14.2. The molecule has 1 aliphatic carbocycles. The molecule has 0 radical (unpaired) electrons. The molecule has 2 fully saturated rings. The van der Waals surface area contributed by atoms with Gasteiger partial charge in [0.2, 0.25) is 5.91 Å². The van der Waals surface area contributed by atoms with Crippen molar-refractivity contribution in [3.63, 3.8) is 0 Å². The number of fused-ring (bicyclic) bond motifs is 1. The molecule has 0 spiro atoms. The van der Waals surface area contributed by atoms with Gasteiger partial charge in [-0.15, -0.1) is 23.7 Å². The van der Waals surface area contributed by atoms with Crippen molar-refractivity contribution < 1.29 is 4.79 Å². The Bertz CT molecular complexity index is 437. The largest absolute Gasteiger partial charge is 0.344 e. The molecule has 2 heterocycles. The van der Waals surface area contributed by atoms with Crippen LogP contribution in [0.5, 0.6) is 0 Å². The van der Waals surface area contributed by atoms with Gasteiger partial charge in [0, 0.05) is 24.5 Å². The van der Waals surface area contributed by atoms with Crippen LogP contribution in [-0.4, -0.2) is 36.5 Å². The maximum Gasteiger partial charge on any atom is 0.239 e. The molecule has 1 aromatic rings. The molecule has 5 heteroatoms. The number of nitrogens with zero attached hydrogens (tertiary/aromatic N) is 1. The minimum Gasteiger partial charge on any atom is -0.344 e. The molecule has 2 aliphatic rings. The third-order valence-electron chi connectivity index (χ3n) is 4.81. The SMILES string of the molecule is CN(CCc1cccs1)C(=O)C1CC2CCCCC2N1.Cl. The summed E-state index contributed by atoms with van der Waals surface area (Å²) < 4.78 is 0. The van der Waals surface area contributed by atoms with Crippen molar-refractivity contribution >= 4 is 29.7 Å². The van der Waals surface area contributed by atoms with E-state index in [0.29, 0.717) is 6.04 Å². The number of hydrogen-bond donors (Lipinski definition) is 1. The van der Waals surface area contributed by atoms with Crippen LogP contribution in [0.1, 0.15) is 37.0 Å². The highest BCUT2D eigenvalue weighted by atomic mass is 35.5. The summed E-state index contributed by atoms with van der Waals surface area (Å²) in [4.78, 5) is 15.8. The van der Waals surface area contributed by atoms with E-state index >= 15 is 0 Å². The number of thiophene rings is 1. The molecule has 3 nitrogen and oxygen atoms in total. The van der Waals surface area contributed by atoms with Gasteiger partial charge < -0.3 is 10.2 Å². The number of hydrogen-bond acceptors (Lipinski definition) is 3. The standard InChI is InChI=1S/C16H24N2OS.ClH/c1-18(9-8-13-6-4-10-20-13)16(19)15-11-12-5-2-3-7-14(12)17-15;/h4,6,10,12,14-15,17H,2-3,5,7-9,11H2,1H3;1H. The van der Waals surface area contributed by atoms with Gasteiger partial charge in [0.15, 0.2) is 0 Å². The lowest BCUT2D eigenvalue weighted by molar-refractivity contribution is -0.131. The van der Waals surface area contributed by atoms with Gasteiger partial charge in [-0.3, -0.25) is 4.79 Å². The fourth-order valence-electron chi connectivity index (χ4n) is 3.62. The molecule has 1 aromatic heterocycles. The highest BCUT2D eigenvalue weighted by Crippen LogP contribution is 2.33.